The maximum absolute atomic E-state index is 13.5. The fraction of sp³-hybridized carbons (Fsp3) is 0.467. The van der Waals surface area contributed by atoms with E-state index in [1.54, 1.807) is 59.3 Å². The summed E-state index contributed by atoms with van der Waals surface area (Å²) in [6.45, 7) is 7.10. The van der Waals surface area contributed by atoms with E-state index in [-0.39, 0.29) is 25.0 Å². The Bertz CT molecular complexity index is 1260. The van der Waals surface area contributed by atoms with Crippen molar-refractivity contribution in [3.8, 4) is 11.5 Å². The van der Waals surface area contributed by atoms with Gasteiger partial charge in [-0.05, 0) is 85.2 Å². The van der Waals surface area contributed by atoms with Crippen LogP contribution >= 0.6 is 22.6 Å². The molecule has 2 amide bonds. The first kappa shape index (κ1) is 33.9. The summed E-state index contributed by atoms with van der Waals surface area (Å²) in [5.74, 6) is -0.130. The van der Waals surface area contributed by atoms with Gasteiger partial charge in [-0.2, -0.15) is 0 Å². The summed E-state index contributed by atoms with van der Waals surface area (Å²) in [7, 11) is 5.85. The summed E-state index contributed by atoms with van der Waals surface area (Å²) in [5.41, 5.74) is 1.48. The molecule has 0 radical (unpaired) electrons. The first-order chi connectivity index (χ1) is 19.2. The minimum Gasteiger partial charge on any atom is -0.496 e. The number of benzene rings is 2. The molecule has 0 saturated heterocycles. The zero-order chi connectivity index (χ0) is 30.9. The third kappa shape index (κ3) is 9.91. The van der Waals surface area contributed by atoms with Crippen molar-refractivity contribution < 1.29 is 38.1 Å². The minimum absolute atomic E-state index is 0.179. The number of rotatable bonds is 12. The fourth-order valence-electron chi connectivity index (χ4n) is 4.20. The molecular weight excluding hydrogens is 643 g/mol. The molecule has 10 nitrogen and oxygen atoms in total. The van der Waals surface area contributed by atoms with Crippen LogP contribution in [-0.2, 0) is 30.3 Å². The number of ketones is 1. The lowest BCUT2D eigenvalue weighted by molar-refractivity contribution is -0.145. The molecule has 0 aliphatic carbocycles. The summed E-state index contributed by atoms with van der Waals surface area (Å²) in [6, 6.07) is 8.70. The zero-order valence-corrected chi connectivity index (χ0v) is 27.0. The molecule has 0 spiro atoms. The van der Waals surface area contributed by atoms with Gasteiger partial charge in [0.2, 0.25) is 5.91 Å². The Morgan fingerprint density at radius 1 is 0.951 bits per heavy atom. The van der Waals surface area contributed by atoms with Crippen molar-refractivity contribution >= 4 is 46.3 Å². The molecule has 2 rings (SSSR count). The molecule has 0 aliphatic rings. The van der Waals surface area contributed by atoms with Crippen molar-refractivity contribution in [3.05, 3.63) is 56.7 Å². The number of likely N-dealkylation sites (N-methyl/N-ethyl adjacent to an activating group) is 1. The Morgan fingerprint density at radius 2 is 1.59 bits per heavy atom. The van der Waals surface area contributed by atoms with Crippen LogP contribution in [0.4, 0.5) is 4.79 Å². The Balaban J connectivity index is 2.21. The molecule has 0 aliphatic heterocycles. The number of methoxy groups -OCH3 is 3. The van der Waals surface area contributed by atoms with Gasteiger partial charge < -0.3 is 24.3 Å². The number of hydrogen-bond acceptors (Lipinski definition) is 8. The normalized spacial score (nSPS) is 12.5. The van der Waals surface area contributed by atoms with Crippen molar-refractivity contribution in [1.29, 1.82) is 0 Å². The zero-order valence-electron chi connectivity index (χ0n) is 24.8. The smallest absolute Gasteiger partial charge is 0.410 e. The quantitative estimate of drug-likeness (QED) is 0.251. The topological polar surface area (TPSA) is 120 Å². The molecule has 0 unspecified atom stereocenters. The lowest BCUT2D eigenvalue weighted by Gasteiger charge is -2.30. The Kier molecular flexibility index (Phi) is 12.4. The number of aryl methyl sites for hydroxylation is 1. The van der Waals surface area contributed by atoms with Gasteiger partial charge in [0.15, 0.2) is 5.78 Å². The third-order valence-corrected chi connectivity index (χ3v) is 7.03. The summed E-state index contributed by atoms with van der Waals surface area (Å²) < 4.78 is 21.8. The molecule has 2 atom stereocenters. The fourth-order valence-corrected chi connectivity index (χ4v) is 4.96. The summed E-state index contributed by atoms with van der Waals surface area (Å²) in [4.78, 5) is 53.0. The highest BCUT2D eigenvalue weighted by Gasteiger charge is 2.32. The monoisotopic (exact) mass is 682 g/mol. The van der Waals surface area contributed by atoms with E-state index in [9.17, 15) is 19.2 Å². The van der Waals surface area contributed by atoms with Crippen molar-refractivity contribution in [2.24, 2.45) is 0 Å². The van der Waals surface area contributed by atoms with Crippen LogP contribution in [0.1, 0.15) is 56.3 Å². The van der Waals surface area contributed by atoms with Crippen molar-refractivity contribution in [2.45, 2.75) is 64.6 Å². The number of hydrogen-bond donors (Lipinski definition) is 1. The SMILES string of the molecule is COC(=O)[C@H](Cc1ccc(OC)c(C)c1)NC(=O)CCC(=O)[C@H](c1ccc(OC)c(I)c1)N(C)C(=O)OC(C)(C)C. The highest BCUT2D eigenvalue weighted by Crippen LogP contribution is 2.30. The summed E-state index contributed by atoms with van der Waals surface area (Å²) >= 11 is 2.09. The van der Waals surface area contributed by atoms with E-state index in [1.807, 2.05) is 19.1 Å². The number of ether oxygens (including phenoxy) is 4. The van der Waals surface area contributed by atoms with Crippen molar-refractivity contribution in [1.82, 2.24) is 10.2 Å². The van der Waals surface area contributed by atoms with E-state index in [1.165, 1.54) is 19.1 Å². The van der Waals surface area contributed by atoms with Crippen LogP contribution in [0.3, 0.4) is 0 Å². The first-order valence-electron chi connectivity index (χ1n) is 13.0. The van der Waals surface area contributed by atoms with Crippen LogP contribution in [0.25, 0.3) is 0 Å². The average Bonchev–Trinajstić information content (AvgIpc) is 2.90. The van der Waals surface area contributed by atoms with E-state index >= 15 is 0 Å². The second-order valence-corrected chi connectivity index (χ2v) is 11.7. The van der Waals surface area contributed by atoms with Crippen molar-refractivity contribution in [2.75, 3.05) is 28.4 Å². The van der Waals surface area contributed by atoms with E-state index in [2.05, 4.69) is 27.9 Å². The maximum Gasteiger partial charge on any atom is 0.410 e. The minimum atomic E-state index is -1.00. The van der Waals surface area contributed by atoms with Crippen LogP contribution < -0.4 is 14.8 Å². The molecule has 41 heavy (non-hydrogen) atoms. The Labute approximate surface area is 255 Å². The predicted molar refractivity (Wildman–Crippen MR) is 162 cm³/mol. The number of nitrogens with zero attached hydrogens (tertiary/aromatic N) is 1. The molecule has 11 heteroatoms. The van der Waals surface area contributed by atoms with Gasteiger partial charge in [-0.25, -0.2) is 9.59 Å². The number of amides is 2. The van der Waals surface area contributed by atoms with Gasteiger partial charge in [0.05, 0.1) is 24.9 Å². The molecule has 2 aromatic rings. The molecule has 224 valence electrons. The van der Waals surface area contributed by atoms with Gasteiger partial charge in [0.1, 0.15) is 29.2 Å². The van der Waals surface area contributed by atoms with Crippen molar-refractivity contribution in [3.63, 3.8) is 0 Å². The molecular formula is C30H39IN2O8. The molecule has 0 bridgehead atoms. The largest absolute Gasteiger partial charge is 0.496 e. The Morgan fingerprint density at radius 3 is 2.12 bits per heavy atom. The van der Waals surface area contributed by atoms with Crippen LogP contribution in [0.2, 0.25) is 0 Å². The van der Waals surface area contributed by atoms with Crippen LogP contribution in [-0.4, -0.2) is 68.7 Å². The number of nitrogens with one attached hydrogen (secondary N) is 1. The summed E-state index contributed by atoms with van der Waals surface area (Å²) in [6.07, 6.45) is -0.848. The number of halogens is 1. The summed E-state index contributed by atoms with van der Waals surface area (Å²) in [5, 5.41) is 2.69. The van der Waals surface area contributed by atoms with Gasteiger partial charge in [-0.3, -0.25) is 14.5 Å². The highest BCUT2D eigenvalue weighted by atomic mass is 127. The highest BCUT2D eigenvalue weighted by molar-refractivity contribution is 14.1. The van der Waals surface area contributed by atoms with Crippen LogP contribution in [0, 0.1) is 10.5 Å². The van der Waals surface area contributed by atoms with E-state index < -0.39 is 35.7 Å². The lowest BCUT2D eigenvalue weighted by atomic mass is 9.98. The second-order valence-electron chi connectivity index (χ2n) is 10.5. The Hall–Kier alpha value is -3.35. The van der Waals surface area contributed by atoms with E-state index in [0.717, 1.165) is 14.7 Å². The number of carbonyl (C=O) groups excluding carboxylic acids is 4. The number of esters is 1. The molecule has 1 N–H and O–H groups in total. The van der Waals surface area contributed by atoms with Gasteiger partial charge in [-0.15, -0.1) is 0 Å². The molecule has 2 aromatic carbocycles. The van der Waals surface area contributed by atoms with E-state index in [0.29, 0.717) is 17.1 Å². The average molecular weight is 683 g/mol. The molecule has 0 heterocycles. The molecule has 0 saturated carbocycles. The standard InChI is InChI=1S/C30H39IN2O8/c1-18-15-19(9-12-24(18)38-6)16-22(28(36)40-8)32-26(35)14-11-23(34)27(33(5)29(37)41-30(2,3)4)20-10-13-25(39-7)21(31)17-20/h9-10,12-13,15,17,22,27H,11,14,16H2,1-8H3,(H,32,35)/t22-,27-/m0/s1. The van der Waals surface area contributed by atoms with Gasteiger partial charge >= 0.3 is 12.1 Å². The van der Waals surface area contributed by atoms with Gasteiger partial charge in [0.25, 0.3) is 0 Å². The molecule has 0 aromatic heterocycles. The predicted octanol–water partition coefficient (Wildman–Crippen LogP) is 4.77. The molecule has 0 fully saturated rings. The lowest BCUT2D eigenvalue weighted by Crippen LogP contribution is -2.43. The maximum atomic E-state index is 13.5. The number of Topliss-reactive ketones (excluding diaryl/α,β-unsaturated/α-hetero) is 1. The van der Waals surface area contributed by atoms with Gasteiger partial charge in [-0.1, -0.05) is 18.2 Å². The van der Waals surface area contributed by atoms with Crippen LogP contribution in [0.5, 0.6) is 11.5 Å². The second kappa shape index (κ2) is 15.0. The third-order valence-electron chi connectivity index (χ3n) is 6.18. The number of carbonyl (C=O) groups is 4. The van der Waals surface area contributed by atoms with E-state index in [4.69, 9.17) is 18.9 Å². The van der Waals surface area contributed by atoms with Gasteiger partial charge in [0, 0.05) is 26.3 Å². The van der Waals surface area contributed by atoms with Crippen LogP contribution in [0.15, 0.2) is 36.4 Å². The first-order valence-corrected chi connectivity index (χ1v) is 14.1.